The Labute approximate surface area is 86.1 Å². The zero-order valence-corrected chi connectivity index (χ0v) is 8.04. The molecule has 0 aromatic heterocycles. The topological polar surface area (TPSA) is 52.3 Å². The summed E-state index contributed by atoms with van der Waals surface area (Å²) in [4.78, 5) is 11.1. The summed E-state index contributed by atoms with van der Waals surface area (Å²) >= 11 is 5.91. The van der Waals surface area contributed by atoms with Crippen molar-refractivity contribution in [2.75, 3.05) is 0 Å². The Hall–Kier alpha value is -1.48. The molecule has 0 spiro atoms. The molecule has 0 fully saturated rings. The lowest BCUT2D eigenvalue weighted by Crippen LogP contribution is -2.15. The summed E-state index contributed by atoms with van der Waals surface area (Å²) in [6.07, 6.45) is 3.98. The summed E-state index contributed by atoms with van der Waals surface area (Å²) in [6, 6.07) is 3.23. The van der Waals surface area contributed by atoms with E-state index in [1.54, 1.807) is 18.4 Å². The summed E-state index contributed by atoms with van der Waals surface area (Å²) in [5, 5.41) is 0.495. The van der Waals surface area contributed by atoms with Gasteiger partial charge in [0.2, 0.25) is 5.91 Å². The molecule has 0 aliphatic carbocycles. The maximum Gasteiger partial charge on any atom is 0.249 e. The van der Waals surface area contributed by atoms with Crippen molar-refractivity contribution >= 4 is 17.5 Å². The largest absolute Gasteiger partial charge is 0.463 e. The van der Waals surface area contributed by atoms with Crippen LogP contribution in [-0.4, -0.2) is 5.91 Å². The number of fused-ring (bicyclic) bond motifs is 1. The minimum Gasteiger partial charge on any atom is -0.463 e. The second-order valence-corrected chi connectivity index (χ2v) is 3.37. The first kappa shape index (κ1) is 9.09. The van der Waals surface area contributed by atoms with Crippen LogP contribution in [0.5, 0.6) is 5.75 Å². The van der Waals surface area contributed by atoms with Gasteiger partial charge in [0.05, 0.1) is 11.3 Å². The van der Waals surface area contributed by atoms with Crippen molar-refractivity contribution in [3.8, 4) is 5.75 Å². The number of rotatable bonds is 1. The first-order chi connectivity index (χ1) is 6.70. The van der Waals surface area contributed by atoms with Gasteiger partial charge in [0.15, 0.2) is 0 Å². The van der Waals surface area contributed by atoms with E-state index in [0.29, 0.717) is 22.8 Å². The normalized spacial score (nSPS) is 13.2. The fourth-order valence-electron chi connectivity index (χ4n) is 1.44. The van der Waals surface area contributed by atoms with Gasteiger partial charge in [-0.2, -0.15) is 0 Å². The number of amides is 1. The molecule has 1 heterocycles. The van der Waals surface area contributed by atoms with Gasteiger partial charge in [0.25, 0.3) is 0 Å². The molecule has 1 aromatic rings. The van der Waals surface area contributed by atoms with Gasteiger partial charge in [0.1, 0.15) is 5.75 Å². The predicted octanol–water partition coefficient (Wildman–Crippen LogP) is 1.89. The molecule has 2 N–H and O–H groups in total. The Kier molecular flexibility index (Phi) is 2.17. The lowest BCUT2D eigenvalue weighted by molar-refractivity contribution is 0.0999. The zero-order chi connectivity index (χ0) is 10.1. The van der Waals surface area contributed by atoms with Crippen molar-refractivity contribution in [2.24, 2.45) is 5.73 Å². The molecule has 1 aliphatic rings. The Morgan fingerprint density at radius 3 is 3.00 bits per heavy atom. The number of hydrogen-bond acceptors (Lipinski definition) is 2. The number of carbonyl (C=O) groups excluding carboxylic acids is 1. The van der Waals surface area contributed by atoms with Gasteiger partial charge in [-0.3, -0.25) is 4.79 Å². The average Bonchev–Trinajstić information content (AvgIpc) is 2.18. The summed E-state index contributed by atoms with van der Waals surface area (Å²) in [5.74, 6) is 0.0716. The molecule has 1 amide bonds. The van der Waals surface area contributed by atoms with E-state index in [1.165, 1.54) is 0 Å². The van der Waals surface area contributed by atoms with Gasteiger partial charge in [-0.25, -0.2) is 0 Å². The lowest BCUT2D eigenvalue weighted by atomic mass is 10.0. The Morgan fingerprint density at radius 1 is 1.50 bits per heavy atom. The SMILES string of the molecule is NC(=O)c1ccc(Cl)c2c1CC=CO2. The number of hydrogen-bond donors (Lipinski definition) is 1. The molecule has 0 saturated carbocycles. The summed E-state index contributed by atoms with van der Waals surface area (Å²) in [5.41, 5.74) is 6.45. The van der Waals surface area contributed by atoms with E-state index in [0.717, 1.165) is 5.56 Å². The maximum atomic E-state index is 11.1. The Bertz CT molecular complexity index is 426. The minimum atomic E-state index is -0.461. The van der Waals surface area contributed by atoms with E-state index >= 15 is 0 Å². The number of primary amides is 1. The van der Waals surface area contributed by atoms with Crippen LogP contribution in [0.1, 0.15) is 15.9 Å². The van der Waals surface area contributed by atoms with Crippen LogP contribution in [0, 0.1) is 0 Å². The van der Waals surface area contributed by atoms with Gasteiger partial charge >= 0.3 is 0 Å². The quantitative estimate of drug-likeness (QED) is 0.768. The molecule has 14 heavy (non-hydrogen) atoms. The summed E-state index contributed by atoms with van der Waals surface area (Å²) in [6.45, 7) is 0. The van der Waals surface area contributed by atoms with Crippen molar-refractivity contribution < 1.29 is 9.53 Å². The van der Waals surface area contributed by atoms with Gasteiger partial charge in [0, 0.05) is 11.1 Å². The van der Waals surface area contributed by atoms with Crippen molar-refractivity contribution in [2.45, 2.75) is 6.42 Å². The average molecular weight is 210 g/mol. The molecule has 0 saturated heterocycles. The summed E-state index contributed by atoms with van der Waals surface area (Å²) in [7, 11) is 0. The third-order valence-electron chi connectivity index (χ3n) is 2.08. The smallest absolute Gasteiger partial charge is 0.249 e. The number of ether oxygens (including phenoxy) is 1. The van der Waals surface area contributed by atoms with Crippen LogP contribution in [0.25, 0.3) is 0 Å². The van der Waals surface area contributed by atoms with E-state index in [9.17, 15) is 4.79 Å². The molecule has 72 valence electrons. The fourth-order valence-corrected chi connectivity index (χ4v) is 1.66. The van der Waals surface area contributed by atoms with Crippen LogP contribution in [-0.2, 0) is 6.42 Å². The molecular weight excluding hydrogens is 202 g/mol. The van der Waals surface area contributed by atoms with Crippen LogP contribution in [0.15, 0.2) is 24.5 Å². The number of carbonyl (C=O) groups is 1. The van der Waals surface area contributed by atoms with Gasteiger partial charge in [-0.15, -0.1) is 0 Å². The van der Waals surface area contributed by atoms with E-state index < -0.39 is 5.91 Å². The van der Waals surface area contributed by atoms with Crippen molar-refractivity contribution in [3.63, 3.8) is 0 Å². The van der Waals surface area contributed by atoms with Gasteiger partial charge < -0.3 is 10.5 Å². The third-order valence-corrected chi connectivity index (χ3v) is 2.38. The molecule has 2 rings (SSSR count). The Morgan fingerprint density at radius 2 is 2.29 bits per heavy atom. The van der Waals surface area contributed by atoms with Crippen molar-refractivity contribution in [3.05, 3.63) is 40.6 Å². The highest BCUT2D eigenvalue weighted by molar-refractivity contribution is 6.32. The number of benzene rings is 1. The first-order valence-corrected chi connectivity index (χ1v) is 4.51. The number of allylic oxidation sites excluding steroid dienone is 1. The van der Waals surface area contributed by atoms with Crippen LogP contribution >= 0.6 is 11.6 Å². The predicted molar refractivity (Wildman–Crippen MR) is 53.4 cm³/mol. The summed E-state index contributed by atoms with van der Waals surface area (Å²) < 4.78 is 5.22. The highest BCUT2D eigenvalue weighted by Gasteiger charge is 2.17. The van der Waals surface area contributed by atoms with Crippen LogP contribution in [0.2, 0.25) is 5.02 Å². The molecule has 4 heteroatoms. The molecule has 1 aliphatic heterocycles. The minimum absolute atomic E-state index is 0.461. The molecule has 3 nitrogen and oxygen atoms in total. The third kappa shape index (κ3) is 1.36. The lowest BCUT2D eigenvalue weighted by Gasteiger charge is -2.15. The molecule has 0 radical (unpaired) electrons. The molecule has 0 unspecified atom stereocenters. The molecular formula is C10H8ClNO2. The number of halogens is 1. The second-order valence-electron chi connectivity index (χ2n) is 2.96. The highest BCUT2D eigenvalue weighted by Crippen LogP contribution is 2.34. The van der Waals surface area contributed by atoms with E-state index in [-0.39, 0.29) is 0 Å². The van der Waals surface area contributed by atoms with E-state index in [1.807, 2.05) is 6.08 Å². The molecule has 0 atom stereocenters. The van der Waals surface area contributed by atoms with Gasteiger partial charge in [-0.1, -0.05) is 11.6 Å². The van der Waals surface area contributed by atoms with Crippen LogP contribution < -0.4 is 10.5 Å². The van der Waals surface area contributed by atoms with Crippen molar-refractivity contribution in [1.29, 1.82) is 0 Å². The zero-order valence-electron chi connectivity index (χ0n) is 7.29. The van der Waals surface area contributed by atoms with Crippen LogP contribution in [0.3, 0.4) is 0 Å². The first-order valence-electron chi connectivity index (χ1n) is 4.13. The maximum absolute atomic E-state index is 11.1. The molecule has 0 bridgehead atoms. The number of nitrogens with two attached hydrogens (primary N) is 1. The fraction of sp³-hybridized carbons (Fsp3) is 0.100. The standard InChI is InChI=1S/C10H8ClNO2/c11-8-4-3-7(10(12)13)6-2-1-5-14-9(6)8/h1,3-5H,2H2,(H2,12,13). The van der Waals surface area contributed by atoms with E-state index in [2.05, 4.69) is 0 Å². The van der Waals surface area contributed by atoms with Crippen molar-refractivity contribution in [1.82, 2.24) is 0 Å². The van der Waals surface area contributed by atoms with Crippen LogP contribution in [0.4, 0.5) is 0 Å². The Balaban J connectivity index is 2.62. The highest BCUT2D eigenvalue weighted by atomic mass is 35.5. The van der Waals surface area contributed by atoms with Gasteiger partial charge in [-0.05, 0) is 24.6 Å². The monoisotopic (exact) mass is 209 g/mol. The van der Waals surface area contributed by atoms with E-state index in [4.69, 9.17) is 22.1 Å². The second kappa shape index (κ2) is 3.35. The molecule has 1 aromatic carbocycles.